The van der Waals surface area contributed by atoms with E-state index in [1.165, 1.54) is 7.11 Å². The van der Waals surface area contributed by atoms with Gasteiger partial charge in [-0.1, -0.05) is 54.6 Å². The van der Waals surface area contributed by atoms with E-state index in [2.05, 4.69) is 11.9 Å². The van der Waals surface area contributed by atoms with Gasteiger partial charge in [-0.15, -0.1) is 0 Å². The van der Waals surface area contributed by atoms with Gasteiger partial charge in [0.15, 0.2) is 5.60 Å². The van der Waals surface area contributed by atoms with E-state index in [9.17, 15) is 14.7 Å². The number of carbonyl (C=O) groups excluding carboxylic acids is 2. The van der Waals surface area contributed by atoms with E-state index in [-0.39, 0.29) is 12.0 Å². The van der Waals surface area contributed by atoms with E-state index in [0.717, 1.165) is 5.56 Å². The highest BCUT2D eigenvalue weighted by Crippen LogP contribution is 2.30. The quantitative estimate of drug-likeness (QED) is 0.627. The van der Waals surface area contributed by atoms with E-state index in [4.69, 9.17) is 4.74 Å². The molecule has 0 saturated heterocycles. The molecule has 0 heterocycles. The van der Waals surface area contributed by atoms with Gasteiger partial charge in [0.25, 0.3) is 5.91 Å². The first-order valence-corrected chi connectivity index (χ1v) is 7.79. The van der Waals surface area contributed by atoms with Crippen LogP contribution in [0.4, 0.5) is 5.69 Å². The predicted molar refractivity (Wildman–Crippen MR) is 95.9 cm³/mol. The number of nitrogens with one attached hydrogen (secondary N) is 1. The fourth-order valence-electron chi connectivity index (χ4n) is 2.42. The number of rotatable bonds is 6. The maximum atomic E-state index is 12.3. The van der Waals surface area contributed by atoms with Gasteiger partial charge in [0.1, 0.15) is 0 Å². The lowest BCUT2D eigenvalue weighted by atomic mass is 9.87. The highest BCUT2D eigenvalue weighted by atomic mass is 16.5. The number of aliphatic hydroxyl groups is 1. The number of benzene rings is 2. The first kappa shape index (κ1) is 18.4. The molecule has 0 aliphatic carbocycles. The van der Waals surface area contributed by atoms with Gasteiger partial charge >= 0.3 is 5.97 Å². The number of amides is 1. The molecule has 0 aromatic heterocycles. The van der Waals surface area contributed by atoms with Crippen LogP contribution in [0.1, 0.15) is 17.5 Å². The van der Waals surface area contributed by atoms with Gasteiger partial charge in [-0.2, -0.15) is 0 Å². The van der Waals surface area contributed by atoms with Crippen molar-refractivity contribution in [2.45, 2.75) is 18.9 Å². The SMILES string of the molecule is C=C(C[C@@](O)(C(=O)OC)c1ccccc1)C(=O)Nc1ccc(C)cc1. The average Bonchev–Trinajstić information content (AvgIpc) is 2.63. The van der Waals surface area contributed by atoms with Gasteiger partial charge < -0.3 is 15.2 Å². The molecule has 0 saturated carbocycles. The monoisotopic (exact) mass is 339 g/mol. The van der Waals surface area contributed by atoms with Crippen LogP contribution in [-0.2, 0) is 19.9 Å². The molecule has 0 radical (unpaired) electrons. The summed E-state index contributed by atoms with van der Waals surface area (Å²) in [6, 6.07) is 15.6. The molecule has 5 heteroatoms. The van der Waals surface area contributed by atoms with E-state index in [1.54, 1.807) is 42.5 Å². The van der Waals surface area contributed by atoms with Crippen LogP contribution in [0.5, 0.6) is 0 Å². The summed E-state index contributed by atoms with van der Waals surface area (Å²) in [7, 11) is 1.19. The molecule has 2 aromatic rings. The third kappa shape index (κ3) is 4.33. The molecular weight excluding hydrogens is 318 g/mol. The molecule has 0 bridgehead atoms. The Kier molecular flexibility index (Phi) is 5.72. The molecule has 2 N–H and O–H groups in total. The molecule has 0 aliphatic rings. The topological polar surface area (TPSA) is 75.6 Å². The minimum Gasteiger partial charge on any atom is -0.467 e. The van der Waals surface area contributed by atoms with E-state index >= 15 is 0 Å². The summed E-state index contributed by atoms with van der Waals surface area (Å²) in [5.74, 6) is -1.31. The van der Waals surface area contributed by atoms with Crippen molar-refractivity contribution in [1.29, 1.82) is 0 Å². The Hall–Kier alpha value is -2.92. The lowest BCUT2D eigenvalue weighted by molar-refractivity contribution is -0.163. The maximum Gasteiger partial charge on any atom is 0.342 e. The van der Waals surface area contributed by atoms with Crippen LogP contribution in [0.2, 0.25) is 0 Å². The summed E-state index contributed by atoms with van der Waals surface area (Å²) < 4.78 is 4.72. The molecule has 1 atom stereocenters. The summed E-state index contributed by atoms with van der Waals surface area (Å²) in [6.45, 7) is 5.66. The van der Waals surface area contributed by atoms with Crippen molar-refractivity contribution in [2.24, 2.45) is 0 Å². The molecule has 0 unspecified atom stereocenters. The Morgan fingerprint density at radius 3 is 2.28 bits per heavy atom. The Balaban J connectivity index is 2.18. The van der Waals surface area contributed by atoms with Gasteiger partial charge in [-0.05, 0) is 24.6 Å². The van der Waals surface area contributed by atoms with E-state index < -0.39 is 17.5 Å². The van der Waals surface area contributed by atoms with E-state index in [1.807, 2.05) is 19.1 Å². The Labute approximate surface area is 146 Å². The molecule has 25 heavy (non-hydrogen) atoms. The maximum absolute atomic E-state index is 12.3. The molecule has 130 valence electrons. The second-order valence-corrected chi connectivity index (χ2v) is 5.82. The van der Waals surface area contributed by atoms with Crippen molar-refractivity contribution < 1.29 is 19.4 Å². The number of aryl methyl sites for hydroxylation is 1. The molecule has 0 spiro atoms. The number of esters is 1. The lowest BCUT2D eigenvalue weighted by Crippen LogP contribution is -2.38. The number of ether oxygens (including phenoxy) is 1. The molecule has 0 aliphatic heterocycles. The Bertz CT molecular complexity index is 768. The third-order valence-electron chi connectivity index (χ3n) is 3.87. The summed E-state index contributed by atoms with van der Waals surface area (Å²) in [6.07, 6.45) is -0.276. The average molecular weight is 339 g/mol. The lowest BCUT2D eigenvalue weighted by Gasteiger charge is -2.26. The van der Waals surface area contributed by atoms with Crippen LogP contribution in [0.15, 0.2) is 66.7 Å². The zero-order chi connectivity index (χ0) is 18.4. The molecule has 1 amide bonds. The van der Waals surface area contributed by atoms with Crippen LogP contribution >= 0.6 is 0 Å². The largest absolute Gasteiger partial charge is 0.467 e. The van der Waals surface area contributed by atoms with Crippen LogP contribution in [0, 0.1) is 6.92 Å². The zero-order valence-corrected chi connectivity index (χ0v) is 14.3. The highest BCUT2D eigenvalue weighted by Gasteiger charge is 2.40. The minimum absolute atomic E-state index is 0.0670. The molecular formula is C20H21NO4. The van der Waals surface area contributed by atoms with Gasteiger partial charge in [-0.3, -0.25) is 4.79 Å². The van der Waals surface area contributed by atoms with Gasteiger partial charge in [0.2, 0.25) is 0 Å². The molecule has 0 fully saturated rings. The summed E-state index contributed by atoms with van der Waals surface area (Å²) in [5, 5.41) is 13.6. The number of hydrogen-bond donors (Lipinski definition) is 2. The van der Waals surface area contributed by atoms with Gasteiger partial charge in [-0.25, -0.2) is 4.79 Å². The van der Waals surface area contributed by atoms with E-state index in [0.29, 0.717) is 11.3 Å². The van der Waals surface area contributed by atoms with Crippen LogP contribution in [-0.4, -0.2) is 24.1 Å². The van der Waals surface area contributed by atoms with Crippen LogP contribution in [0.3, 0.4) is 0 Å². The first-order chi connectivity index (χ1) is 11.9. The molecule has 5 nitrogen and oxygen atoms in total. The van der Waals surface area contributed by atoms with Crippen molar-refractivity contribution in [1.82, 2.24) is 0 Å². The smallest absolute Gasteiger partial charge is 0.342 e. The summed E-state index contributed by atoms with van der Waals surface area (Å²) >= 11 is 0. The fourth-order valence-corrected chi connectivity index (χ4v) is 2.42. The molecule has 2 aromatic carbocycles. The first-order valence-electron chi connectivity index (χ1n) is 7.79. The number of anilines is 1. The second kappa shape index (κ2) is 7.77. The van der Waals surface area contributed by atoms with Crippen molar-refractivity contribution in [3.8, 4) is 0 Å². The number of hydrogen-bond acceptors (Lipinski definition) is 4. The standard InChI is InChI=1S/C20H21NO4/c1-14-9-11-17(12-10-14)21-18(22)15(2)13-20(24,19(23)25-3)16-7-5-4-6-8-16/h4-12,24H,2,13H2,1,3H3,(H,21,22)/t20-/m0/s1. The van der Waals surface area contributed by atoms with Crippen molar-refractivity contribution >= 4 is 17.6 Å². The second-order valence-electron chi connectivity index (χ2n) is 5.82. The normalized spacial score (nSPS) is 12.8. The molecule has 2 rings (SSSR count). The highest BCUT2D eigenvalue weighted by molar-refractivity contribution is 6.04. The fraction of sp³-hybridized carbons (Fsp3) is 0.200. The minimum atomic E-state index is -1.97. The summed E-state index contributed by atoms with van der Waals surface area (Å²) in [4.78, 5) is 24.5. The van der Waals surface area contributed by atoms with Crippen LogP contribution in [0.25, 0.3) is 0 Å². The predicted octanol–water partition coefficient (Wildman–Crippen LogP) is 2.94. The summed E-state index contributed by atoms with van der Waals surface area (Å²) in [5.41, 5.74) is 0.111. The van der Waals surface area contributed by atoms with Crippen LogP contribution < -0.4 is 5.32 Å². The van der Waals surface area contributed by atoms with Crippen molar-refractivity contribution in [2.75, 3.05) is 12.4 Å². The van der Waals surface area contributed by atoms with Gasteiger partial charge in [0, 0.05) is 17.7 Å². The number of carbonyl (C=O) groups is 2. The van der Waals surface area contributed by atoms with Crippen molar-refractivity contribution in [3.63, 3.8) is 0 Å². The number of methoxy groups -OCH3 is 1. The Morgan fingerprint density at radius 2 is 1.72 bits per heavy atom. The van der Waals surface area contributed by atoms with Crippen molar-refractivity contribution in [3.05, 3.63) is 77.9 Å². The third-order valence-corrected chi connectivity index (χ3v) is 3.87. The van der Waals surface area contributed by atoms with Gasteiger partial charge in [0.05, 0.1) is 7.11 Å². The zero-order valence-electron chi connectivity index (χ0n) is 14.3. The Morgan fingerprint density at radius 1 is 1.12 bits per heavy atom.